The van der Waals surface area contributed by atoms with Gasteiger partial charge in [0.25, 0.3) is 0 Å². The molecule has 0 bridgehead atoms. The van der Waals surface area contributed by atoms with Gasteiger partial charge in [0.05, 0.1) is 24.1 Å². The van der Waals surface area contributed by atoms with Crippen molar-refractivity contribution in [3.05, 3.63) is 77.8 Å². The Labute approximate surface area is 155 Å². The number of hydrogen-bond donors (Lipinski definition) is 0. The lowest BCUT2D eigenvalue weighted by Crippen LogP contribution is -2.06. The number of carbonyl (C=O) groups is 1. The number of para-hydroxylation sites is 1. The van der Waals surface area contributed by atoms with Gasteiger partial charge in [-0.3, -0.25) is 4.79 Å². The van der Waals surface area contributed by atoms with Crippen molar-refractivity contribution in [2.45, 2.75) is 6.92 Å². The van der Waals surface area contributed by atoms with Crippen molar-refractivity contribution < 1.29 is 14.1 Å². The summed E-state index contributed by atoms with van der Waals surface area (Å²) in [5.41, 5.74) is 3.29. The van der Waals surface area contributed by atoms with Crippen LogP contribution < -0.4 is 4.74 Å². The molecule has 0 spiro atoms. The zero-order valence-corrected chi connectivity index (χ0v) is 14.8. The summed E-state index contributed by atoms with van der Waals surface area (Å²) in [5, 5.41) is 12.2. The lowest BCUT2D eigenvalue weighted by molar-refractivity contribution is 0.103. The first kappa shape index (κ1) is 16.7. The fourth-order valence-corrected chi connectivity index (χ4v) is 2.84. The van der Waals surface area contributed by atoms with E-state index in [2.05, 4.69) is 15.5 Å². The van der Waals surface area contributed by atoms with Gasteiger partial charge in [-0.2, -0.15) is 0 Å². The third-order valence-electron chi connectivity index (χ3n) is 4.29. The summed E-state index contributed by atoms with van der Waals surface area (Å²) in [6.07, 6.45) is 1.34. The van der Waals surface area contributed by atoms with Gasteiger partial charge in [0.2, 0.25) is 5.78 Å². The molecule has 0 N–H and O–H groups in total. The van der Waals surface area contributed by atoms with E-state index in [0.29, 0.717) is 17.0 Å². The number of nitrogens with zero attached hydrogens (tertiary/aromatic N) is 4. The van der Waals surface area contributed by atoms with Crippen LogP contribution in [0, 0.1) is 6.92 Å². The van der Waals surface area contributed by atoms with Crippen LogP contribution in [0.3, 0.4) is 0 Å². The van der Waals surface area contributed by atoms with Crippen LogP contribution in [0.2, 0.25) is 0 Å². The first-order chi connectivity index (χ1) is 13.2. The largest absolute Gasteiger partial charge is 0.497 e. The van der Waals surface area contributed by atoms with E-state index in [1.807, 2.05) is 42.5 Å². The molecule has 0 fully saturated rings. The molecule has 2 aromatic carbocycles. The molecule has 7 heteroatoms. The van der Waals surface area contributed by atoms with E-state index in [1.165, 1.54) is 6.26 Å². The average molecular weight is 360 g/mol. The highest BCUT2D eigenvalue weighted by atomic mass is 16.5. The molecule has 134 valence electrons. The third kappa shape index (κ3) is 2.99. The Morgan fingerprint density at radius 2 is 1.81 bits per heavy atom. The summed E-state index contributed by atoms with van der Waals surface area (Å²) < 4.78 is 11.9. The molecular weight excluding hydrogens is 344 g/mol. The lowest BCUT2D eigenvalue weighted by Gasteiger charge is -2.04. The number of methoxy groups -OCH3 is 1. The maximum Gasteiger partial charge on any atom is 0.220 e. The van der Waals surface area contributed by atoms with Crippen molar-refractivity contribution in [1.82, 2.24) is 20.2 Å². The van der Waals surface area contributed by atoms with Gasteiger partial charge in [0.15, 0.2) is 5.69 Å². The van der Waals surface area contributed by atoms with Gasteiger partial charge in [0.1, 0.15) is 17.7 Å². The van der Waals surface area contributed by atoms with Crippen LogP contribution >= 0.6 is 0 Å². The normalized spacial score (nSPS) is 10.7. The third-order valence-corrected chi connectivity index (χ3v) is 4.29. The first-order valence-corrected chi connectivity index (χ1v) is 8.30. The number of rotatable bonds is 5. The number of ether oxygens (including phenoxy) is 1. The Morgan fingerprint density at radius 3 is 2.52 bits per heavy atom. The van der Waals surface area contributed by atoms with Crippen molar-refractivity contribution in [3.8, 4) is 22.7 Å². The summed E-state index contributed by atoms with van der Waals surface area (Å²) in [6, 6.07) is 16.8. The molecule has 0 amide bonds. The van der Waals surface area contributed by atoms with E-state index < -0.39 is 0 Å². The molecule has 0 radical (unpaired) electrons. The molecule has 2 heterocycles. The standard InChI is InChI=1S/C20H16N4O3/c1-13-18(21-23-24(13)15-6-4-3-5-7-15)20(25)17-12-27-22-19(17)14-8-10-16(26-2)11-9-14/h3-12H,1-2H3. The van der Waals surface area contributed by atoms with Gasteiger partial charge in [-0.1, -0.05) is 28.6 Å². The van der Waals surface area contributed by atoms with Gasteiger partial charge < -0.3 is 9.26 Å². The molecule has 0 aliphatic carbocycles. The van der Waals surface area contributed by atoms with Gasteiger partial charge >= 0.3 is 0 Å². The van der Waals surface area contributed by atoms with Crippen LogP contribution in [0.5, 0.6) is 5.75 Å². The van der Waals surface area contributed by atoms with Crippen LogP contribution in [0.25, 0.3) is 16.9 Å². The van der Waals surface area contributed by atoms with Gasteiger partial charge in [-0.15, -0.1) is 5.10 Å². The lowest BCUT2D eigenvalue weighted by atomic mass is 10.0. The van der Waals surface area contributed by atoms with E-state index in [4.69, 9.17) is 9.26 Å². The SMILES string of the molecule is COc1ccc(-c2nocc2C(=O)c2nnn(-c3ccccc3)c2C)cc1. The Balaban J connectivity index is 1.71. The number of aromatic nitrogens is 4. The highest BCUT2D eigenvalue weighted by Crippen LogP contribution is 2.26. The van der Waals surface area contributed by atoms with Crippen LogP contribution in [0.1, 0.15) is 21.7 Å². The molecule has 0 atom stereocenters. The number of hydrogen-bond acceptors (Lipinski definition) is 6. The Hall–Kier alpha value is -3.74. The highest BCUT2D eigenvalue weighted by Gasteiger charge is 2.24. The van der Waals surface area contributed by atoms with Crippen molar-refractivity contribution >= 4 is 5.78 Å². The van der Waals surface area contributed by atoms with Gasteiger partial charge in [-0.25, -0.2) is 4.68 Å². The van der Waals surface area contributed by atoms with Crippen LogP contribution in [0.4, 0.5) is 0 Å². The summed E-state index contributed by atoms with van der Waals surface area (Å²) in [6.45, 7) is 1.81. The molecule has 7 nitrogen and oxygen atoms in total. The van der Waals surface area contributed by atoms with Crippen molar-refractivity contribution in [2.24, 2.45) is 0 Å². The zero-order valence-electron chi connectivity index (χ0n) is 14.8. The number of benzene rings is 2. The van der Waals surface area contributed by atoms with E-state index in [1.54, 1.807) is 30.8 Å². The maximum absolute atomic E-state index is 13.0. The second kappa shape index (κ2) is 6.87. The molecule has 0 saturated carbocycles. The van der Waals surface area contributed by atoms with Crippen molar-refractivity contribution in [3.63, 3.8) is 0 Å². The summed E-state index contributed by atoms with van der Waals surface area (Å²) >= 11 is 0. The van der Waals surface area contributed by atoms with Crippen molar-refractivity contribution in [2.75, 3.05) is 7.11 Å². The van der Waals surface area contributed by atoms with E-state index in [9.17, 15) is 4.79 Å². The molecule has 0 aliphatic rings. The molecule has 27 heavy (non-hydrogen) atoms. The van der Waals surface area contributed by atoms with Crippen LogP contribution in [-0.4, -0.2) is 33.0 Å². The molecule has 0 aliphatic heterocycles. The van der Waals surface area contributed by atoms with Crippen LogP contribution in [-0.2, 0) is 0 Å². The van der Waals surface area contributed by atoms with Crippen molar-refractivity contribution in [1.29, 1.82) is 0 Å². The number of carbonyl (C=O) groups excluding carboxylic acids is 1. The molecule has 2 aromatic heterocycles. The monoisotopic (exact) mass is 360 g/mol. The Bertz CT molecular complexity index is 1080. The summed E-state index contributed by atoms with van der Waals surface area (Å²) in [4.78, 5) is 13.0. The molecule has 0 unspecified atom stereocenters. The molecule has 4 rings (SSSR count). The fraction of sp³-hybridized carbons (Fsp3) is 0.100. The van der Waals surface area contributed by atoms with Crippen LogP contribution in [0.15, 0.2) is 65.4 Å². The second-order valence-corrected chi connectivity index (χ2v) is 5.91. The molecule has 0 saturated heterocycles. The van der Waals surface area contributed by atoms with E-state index in [-0.39, 0.29) is 11.5 Å². The fourth-order valence-electron chi connectivity index (χ4n) is 2.84. The predicted octanol–water partition coefficient (Wildman–Crippen LogP) is 3.47. The Morgan fingerprint density at radius 1 is 1.07 bits per heavy atom. The summed E-state index contributed by atoms with van der Waals surface area (Å²) in [5.74, 6) is 0.429. The highest BCUT2D eigenvalue weighted by molar-refractivity contribution is 6.11. The summed E-state index contributed by atoms with van der Waals surface area (Å²) in [7, 11) is 1.60. The topological polar surface area (TPSA) is 83.0 Å². The molecule has 4 aromatic rings. The van der Waals surface area contributed by atoms with E-state index in [0.717, 1.165) is 17.0 Å². The first-order valence-electron chi connectivity index (χ1n) is 8.30. The smallest absolute Gasteiger partial charge is 0.220 e. The Kier molecular flexibility index (Phi) is 4.25. The quantitative estimate of drug-likeness (QED) is 0.507. The van der Waals surface area contributed by atoms with Gasteiger partial charge in [-0.05, 0) is 43.3 Å². The van der Waals surface area contributed by atoms with Gasteiger partial charge in [0, 0.05) is 5.56 Å². The zero-order chi connectivity index (χ0) is 18.8. The average Bonchev–Trinajstić information content (AvgIpc) is 3.35. The maximum atomic E-state index is 13.0. The molecular formula is C20H16N4O3. The minimum Gasteiger partial charge on any atom is -0.497 e. The minimum absolute atomic E-state index is 0.261. The van der Waals surface area contributed by atoms with E-state index >= 15 is 0 Å². The number of ketones is 1. The minimum atomic E-state index is -0.290. The second-order valence-electron chi connectivity index (χ2n) is 5.91. The predicted molar refractivity (Wildman–Crippen MR) is 98.0 cm³/mol.